The second-order valence-electron chi connectivity index (χ2n) is 8.67. The van der Waals surface area contributed by atoms with Crippen LogP contribution in [0.4, 0.5) is 0 Å². The van der Waals surface area contributed by atoms with Crippen LogP contribution in [0.15, 0.2) is 23.0 Å². The maximum absolute atomic E-state index is 13.6. The average Bonchev–Trinajstić information content (AvgIpc) is 3.21. The van der Waals surface area contributed by atoms with Gasteiger partial charge in [0.25, 0.3) is 5.56 Å². The van der Waals surface area contributed by atoms with Crippen molar-refractivity contribution in [2.75, 3.05) is 13.2 Å². The third kappa shape index (κ3) is 3.07. The number of hydrogen-bond acceptors (Lipinski definition) is 9. The van der Waals surface area contributed by atoms with E-state index >= 15 is 0 Å². The van der Waals surface area contributed by atoms with Crippen molar-refractivity contribution in [3.8, 4) is 22.9 Å². The van der Waals surface area contributed by atoms with Crippen LogP contribution in [0.25, 0.3) is 22.3 Å². The average molecular weight is 496 g/mol. The van der Waals surface area contributed by atoms with Gasteiger partial charge in [-0.2, -0.15) is 0 Å². The van der Waals surface area contributed by atoms with Gasteiger partial charge >= 0.3 is 14.2 Å². The molecule has 0 saturated heterocycles. The Morgan fingerprint density at radius 3 is 2.54 bits per heavy atom. The van der Waals surface area contributed by atoms with Gasteiger partial charge in [0.2, 0.25) is 5.60 Å². The molecule has 2 atom stereocenters. The fourth-order valence-corrected chi connectivity index (χ4v) is 5.93. The van der Waals surface area contributed by atoms with Gasteiger partial charge in [0.05, 0.1) is 29.0 Å². The van der Waals surface area contributed by atoms with Crippen LogP contribution in [0, 0.1) is 0 Å². The van der Waals surface area contributed by atoms with E-state index in [-0.39, 0.29) is 29.7 Å². The van der Waals surface area contributed by atoms with Crippen molar-refractivity contribution in [2.24, 2.45) is 0 Å². The molecule has 0 N–H and O–H groups in total. The molecule has 0 spiro atoms. The van der Waals surface area contributed by atoms with E-state index in [0.29, 0.717) is 54.6 Å². The van der Waals surface area contributed by atoms with Crippen LogP contribution in [0.5, 0.6) is 11.5 Å². The van der Waals surface area contributed by atoms with E-state index in [2.05, 4.69) is 0 Å². The number of aryl methyl sites for hydroxylation is 1. The molecule has 11 heteroatoms. The number of rotatable bonds is 4. The van der Waals surface area contributed by atoms with Crippen molar-refractivity contribution in [3.63, 3.8) is 0 Å². The summed E-state index contributed by atoms with van der Waals surface area (Å²) in [5.74, 6) is 0.439. The molecule has 0 fully saturated rings. The number of aromatic nitrogens is 2. The Kier molecular flexibility index (Phi) is 4.96. The van der Waals surface area contributed by atoms with Gasteiger partial charge in [-0.15, -0.1) is 4.52 Å². The Morgan fingerprint density at radius 1 is 1.11 bits per heavy atom. The summed E-state index contributed by atoms with van der Waals surface area (Å²) in [6, 6.07) is 5.42. The van der Waals surface area contributed by atoms with Crippen LogP contribution in [0.3, 0.4) is 0 Å². The Hall–Kier alpha value is -3.33. The quantitative estimate of drug-likeness (QED) is 0.309. The second kappa shape index (κ2) is 7.84. The lowest BCUT2D eigenvalue weighted by molar-refractivity contribution is -0.207. The van der Waals surface area contributed by atoms with Crippen molar-refractivity contribution in [3.05, 3.63) is 50.8 Å². The zero-order chi connectivity index (χ0) is 24.5. The molecular formula is C24H21N2O8P. The summed E-state index contributed by atoms with van der Waals surface area (Å²) < 4.78 is 35.0. The van der Waals surface area contributed by atoms with Gasteiger partial charge in [-0.3, -0.25) is 4.79 Å². The first-order valence-electron chi connectivity index (χ1n) is 11.4. The first-order chi connectivity index (χ1) is 16.9. The van der Waals surface area contributed by atoms with E-state index in [1.807, 2.05) is 19.1 Å². The minimum absolute atomic E-state index is 0.0211. The predicted molar refractivity (Wildman–Crippen MR) is 121 cm³/mol. The van der Waals surface area contributed by atoms with Crippen molar-refractivity contribution >= 4 is 25.1 Å². The summed E-state index contributed by atoms with van der Waals surface area (Å²) in [4.78, 5) is 42.7. The molecule has 1 unspecified atom stereocenters. The maximum Gasteiger partial charge on any atom is 0.490 e. The molecule has 0 radical (unpaired) electrons. The molecule has 35 heavy (non-hydrogen) atoms. The number of cyclic esters (lactones) is 1. The van der Waals surface area contributed by atoms with Crippen LogP contribution in [-0.4, -0.2) is 28.7 Å². The molecule has 0 amide bonds. The van der Waals surface area contributed by atoms with E-state index in [1.165, 1.54) is 0 Å². The number of benzene rings is 1. The lowest BCUT2D eigenvalue weighted by atomic mass is 9.86. The summed E-state index contributed by atoms with van der Waals surface area (Å²) in [5.41, 5.74) is 1.91. The van der Waals surface area contributed by atoms with Crippen LogP contribution < -0.4 is 19.9 Å². The largest absolute Gasteiger partial charge is 0.566 e. The van der Waals surface area contributed by atoms with E-state index in [0.717, 1.165) is 16.5 Å². The molecule has 6 rings (SSSR count). The summed E-state index contributed by atoms with van der Waals surface area (Å²) in [5, 5.41) is 0.925. The molecule has 0 saturated carbocycles. The molecule has 0 aliphatic carbocycles. The molecular weight excluding hydrogens is 475 g/mol. The highest BCUT2D eigenvalue weighted by Crippen LogP contribution is 2.45. The molecule has 2 aromatic heterocycles. The zero-order valence-electron chi connectivity index (χ0n) is 19.1. The molecule has 3 aliphatic heterocycles. The lowest BCUT2D eigenvalue weighted by Crippen LogP contribution is -2.45. The summed E-state index contributed by atoms with van der Waals surface area (Å²) >= 11 is 0. The van der Waals surface area contributed by atoms with E-state index in [9.17, 15) is 19.0 Å². The third-order valence-electron chi connectivity index (χ3n) is 7.02. The van der Waals surface area contributed by atoms with Crippen molar-refractivity contribution in [2.45, 2.75) is 45.4 Å². The topological polar surface area (TPSA) is 129 Å². The van der Waals surface area contributed by atoms with Gasteiger partial charge in [0.15, 0.2) is 11.5 Å². The number of hydrogen-bond donors (Lipinski definition) is 0. The van der Waals surface area contributed by atoms with Gasteiger partial charge in [0, 0.05) is 22.6 Å². The van der Waals surface area contributed by atoms with Crippen LogP contribution >= 0.6 is 8.25 Å². The molecule has 3 aliphatic rings. The van der Waals surface area contributed by atoms with E-state index in [1.54, 1.807) is 17.6 Å². The SMILES string of the molecule is CCc1c2c(nc3cc4c(cc13)OCCO4)-c1cc3c(c(=O)n1C2)COC(=O)[C@@]3(CC)O[P+](=O)[O-]. The Bertz CT molecular complexity index is 1510. The van der Waals surface area contributed by atoms with E-state index < -0.39 is 19.8 Å². The molecule has 1 aromatic carbocycles. The minimum atomic E-state index is -3.38. The van der Waals surface area contributed by atoms with Gasteiger partial charge in [-0.1, -0.05) is 13.8 Å². The second-order valence-corrected chi connectivity index (χ2v) is 9.30. The number of esters is 1. The molecule has 0 bridgehead atoms. The van der Waals surface area contributed by atoms with Crippen molar-refractivity contribution < 1.29 is 33.0 Å². The van der Waals surface area contributed by atoms with Gasteiger partial charge in [-0.05, 0) is 35.1 Å². The summed E-state index contributed by atoms with van der Waals surface area (Å²) in [6.45, 7) is 4.63. The van der Waals surface area contributed by atoms with Crippen molar-refractivity contribution in [1.29, 1.82) is 0 Å². The summed E-state index contributed by atoms with van der Waals surface area (Å²) in [6.07, 6.45) is 0.677. The molecule has 3 aromatic rings. The first-order valence-corrected chi connectivity index (χ1v) is 12.5. The molecule has 180 valence electrons. The fourth-order valence-electron chi connectivity index (χ4n) is 5.37. The summed E-state index contributed by atoms with van der Waals surface area (Å²) in [7, 11) is -3.38. The Morgan fingerprint density at radius 2 is 1.86 bits per heavy atom. The van der Waals surface area contributed by atoms with Crippen molar-refractivity contribution in [1.82, 2.24) is 9.55 Å². The zero-order valence-corrected chi connectivity index (χ0v) is 20.0. The number of nitrogens with zero attached hydrogens (tertiary/aromatic N) is 2. The number of carbonyl (C=O) groups is 1. The molecule has 5 heterocycles. The highest BCUT2D eigenvalue weighted by molar-refractivity contribution is 7.30. The van der Waals surface area contributed by atoms with Crippen LogP contribution in [0.1, 0.15) is 42.5 Å². The van der Waals surface area contributed by atoms with Gasteiger partial charge in [0.1, 0.15) is 19.8 Å². The maximum atomic E-state index is 13.6. The lowest BCUT2D eigenvalue weighted by Gasteiger charge is -2.31. The number of fused-ring (bicyclic) bond motifs is 6. The fraction of sp³-hybridized carbons (Fsp3) is 0.375. The monoisotopic (exact) mass is 496 g/mol. The normalized spacial score (nSPS) is 20.2. The standard InChI is InChI=1S/C24H21N2O8P/c1-3-12-13-7-19-20(32-6-5-31-19)9-17(13)25-21-14(12)10-26-18(21)8-16-15(22(26)27)11-33-23(28)24(16,4-2)34-35(29)30/h7-9H,3-6,10-11H2,1-2H3/t24-/m0/s1. The third-order valence-corrected chi connectivity index (χ3v) is 7.48. The first kappa shape index (κ1) is 22.2. The number of pyridine rings is 2. The minimum Gasteiger partial charge on any atom is -0.566 e. The van der Waals surface area contributed by atoms with E-state index in [4.69, 9.17) is 23.7 Å². The van der Waals surface area contributed by atoms with Crippen LogP contribution in [-0.2, 0) is 43.8 Å². The Labute approximate surface area is 200 Å². The number of carbonyl (C=O) groups excluding carboxylic acids is 1. The molecule has 10 nitrogen and oxygen atoms in total. The van der Waals surface area contributed by atoms with Crippen LogP contribution in [0.2, 0.25) is 0 Å². The smallest absolute Gasteiger partial charge is 0.490 e. The highest BCUT2D eigenvalue weighted by atomic mass is 31.1. The number of ether oxygens (including phenoxy) is 3. The Balaban J connectivity index is 1.62. The van der Waals surface area contributed by atoms with Gasteiger partial charge in [-0.25, -0.2) is 9.78 Å². The van der Waals surface area contributed by atoms with Gasteiger partial charge < -0.3 is 23.7 Å². The predicted octanol–water partition coefficient (Wildman–Crippen LogP) is 2.46. The highest BCUT2D eigenvalue weighted by Gasteiger charge is 2.52.